The van der Waals surface area contributed by atoms with Gasteiger partial charge >= 0.3 is 11.9 Å². The molecule has 0 fully saturated rings. The average molecular weight is 1180 g/mol. The van der Waals surface area contributed by atoms with Gasteiger partial charge in [-0.05, 0) is 54.8 Å². The van der Waals surface area contributed by atoms with Gasteiger partial charge in [0.2, 0.25) is 29.5 Å². The molecular formula is C51H58CuN10O19-2. The Balaban J connectivity index is 0.0000109. The van der Waals surface area contributed by atoms with Gasteiger partial charge in [0.1, 0.15) is 17.4 Å². The quantitative estimate of drug-likeness (QED) is 0.0219. The molecule has 4 rings (SSSR count). The standard InChI is InChI=1S/C51H56N10O17.Cu.2H2O/c1-28(62)54-24-34(64)19-31(21-46(69)70)49(75)57-27-45(68)56-26-43-53-18-16-39(60-43)37-4-2-3-36(58-37)38-15-17-52-42(59-38)13-10-33(63)11-14-44(67)55-25-35(65)20-32(22-47(71)72)50(76)61-40(23-48(73)74)41(66)12-7-29-5-8-30(9-6-29)51(77)78;;;/h2-6,8-9,15-18,31-32,40H,7,10-14,19-27H2,1H3,(H,54,62)(H,55,67)(H,56,68)(H,57,75)(H,61,76)(H,69,70)(H,71,72)(H,73,74)(H,77,78);;2*1H2/p-2. The summed E-state index contributed by atoms with van der Waals surface area (Å²) in [7, 11) is 0. The van der Waals surface area contributed by atoms with E-state index in [0.29, 0.717) is 28.3 Å². The number of aliphatic carboxylic acids is 3. The molecule has 439 valence electrons. The predicted molar refractivity (Wildman–Crippen MR) is 269 cm³/mol. The van der Waals surface area contributed by atoms with Gasteiger partial charge in [-0.25, -0.2) is 29.7 Å². The van der Waals surface area contributed by atoms with Crippen molar-refractivity contribution in [2.75, 3.05) is 19.6 Å². The second kappa shape index (κ2) is 35.4. The number of benzene rings is 1. The van der Waals surface area contributed by atoms with Crippen molar-refractivity contribution in [2.24, 2.45) is 11.8 Å². The monoisotopic (exact) mass is 1180 g/mol. The second-order valence-electron chi connectivity index (χ2n) is 17.5. The number of nitrogens with zero attached hydrogens (tertiary/aromatic N) is 5. The predicted octanol–water partition coefficient (Wildman–Crippen LogP) is -4.10. The van der Waals surface area contributed by atoms with Crippen LogP contribution in [-0.2, 0) is 94.0 Å². The van der Waals surface area contributed by atoms with Gasteiger partial charge in [0.25, 0.3) is 0 Å². The molecule has 3 unspecified atom stereocenters. The molecule has 0 aliphatic heterocycles. The van der Waals surface area contributed by atoms with Crippen molar-refractivity contribution in [2.45, 2.75) is 90.1 Å². The number of rotatable bonds is 34. The zero-order chi connectivity index (χ0) is 57.3. The number of aromatic nitrogens is 5. The van der Waals surface area contributed by atoms with Crippen LogP contribution in [-0.4, -0.2) is 148 Å². The van der Waals surface area contributed by atoms with E-state index in [9.17, 15) is 77.6 Å². The Bertz CT molecular complexity index is 2930. The molecule has 5 amide bonds. The number of Topliss-reactive ketones (excluding diaryl/α,β-unsaturated/α-hetero) is 4. The first-order valence-corrected chi connectivity index (χ1v) is 24.0. The molecule has 3 aromatic heterocycles. The summed E-state index contributed by atoms with van der Waals surface area (Å²) in [5, 5.41) is 52.7. The number of aromatic carboxylic acids is 1. The molecule has 1 aromatic carbocycles. The van der Waals surface area contributed by atoms with Crippen LogP contribution in [0.5, 0.6) is 0 Å². The van der Waals surface area contributed by atoms with Gasteiger partial charge in [-0.1, -0.05) is 18.2 Å². The van der Waals surface area contributed by atoms with E-state index in [1.165, 1.54) is 43.6 Å². The molecule has 0 aliphatic carbocycles. The Kier molecular flexibility index (Phi) is 30.5. The van der Waals surface area contributed by atoms with E-state index in [4.69, 9.17) is 5.11 Å². The van der Waals surface area contributed by atoms with Crippen molar-refractivity contribution < 1.29 is 111 Å². The fraction of sp³-hybridized carbons (Fsp3) is 0.373. The summed E-state index contributed by atoms with van der Waals surface area (Å²) >= 11 is 0. The summed E-state index contributed by atoms with van der Waals surface area (Å²) in [6, 6.07) is 12.1. The molecule has 0 bridgehead atoms. The van der Waals surface area contributed by atoms with E-state index in [0.717, 1.165) is 0 Å². The normalized spacial score (nSPS) is 11.4. The van der Waals surface area contributed by atoms with Crippen LogP contribution in [0.15, 0.2) is 67.0 Å². The minimum absolute atomic E-state index is 0. The number of ketones is 4. The van der Waals surface area contributed by atoms with E-state index in [1.54, 1.807) is 30.3 Å². The van der Waals surface area contributed by atoms with Crippen LogP contribution in [0.2, 0.25) is 0 Å². The average Bonchev–Trinajstić information content (AvgIpc) is 3.40. The van der Waals surface area contributed by atoms with Crippen LogP contribution in [0.4, 0.5) is 0 Å². The Labute approximate surface area is 471 Å². The molecule has 1 radical (unpaired) electrons. The Morgan fingerprint density at radius 2 is 1.09 bits per heavy atom. The second-order valence-corrected chi connectivity index (χ2v) is 17.5. The fourth-order valence-corrected chi connectivity index (χ4v) is 7.28. The van der Waals surface area contributed by atoms with E-state index >= 15 is 0 Å². The Morgan fingerprint density at radius 1 is 0.531 bits per heavy atom. The summed E-state index contributed by atoms with van der Waals surface area (Å²) < 4.78 is 0. The third-order valence-corrected chi connectivity index (χ3v) is 11.3. The van der Waals surface area contributed by atoms with Gasteiger partial charge in [0.15, 0.2) is 17.3 Å². The third-order valence-electron chi connectivity index (χ3n) is 11.3. The third kappa shape index (κ3) is 25.9. The Hall–Kier alpha value is -9.12. The maximum absolute atomic E-state index is 13.1. The first-order chi connectivity index (χ1) is 37.0. The van der Waals surface area contributed by atoms with E-state index in [-0.39, 0.29) is 96.1 Å². The topological polar surface area (TPSA) is 496 Å². The number of pyridine rings is 1. The molecular weight excluding hydrogens is 1120 g/mol. The van der Waals surface area contributed by atoms with E-state index in [2.05, 4.69) is 51.5 Å². The summed E-state index contributed by atoms with van der Waals surface area (Å²) in [5.74, 6) is -14.7. The summed E-state index contributed by atoms with van der Waals surface area (Å²) in [5.41, 5.74) is 2.12. The minimum Gasteiger partial charge on any atom is -0.550 e. The number of carboxylic acids is 4. The van der Waals surface area contributed by atoms with Gasteiger partial charge in [-0.15, -0.1) is 0 Å². The molecule has 0 saturated carbocycles. The van der Waals surface area contributed by atoms with Crippen molar-refractivity contribution in [3.05, 3.63) is 89.8 Å². The molecule has 30 heteroatoms. The number of hydrogen-bond donors (Lipinski definition) is 7. The number of carbonyl (C=O) groups excluding carboxylic acids is 11. The number of aryl methyl sites for hydroxylation is 2. The minimum atomic E-state index is -1.69. The number of hydrogen-bond acceptors (Lipinski definition) is 20. The van der Waals surface area contributed by atoms with Crippen molar-refractivity contribution in [3.8, 4) is 22.8 Å². The van der Waals surface area contributed by atoms with Gasteiger partial charge in [-0.3, -0.25) is 47.9 Å². The number of carboxylic acid groups (broad SMARTS) is 4. The zero-order valence-electron chi connectivity index (χ0n) is 43.2. The number of carbonyl (C=O) groups is 13. The van der Waals surface area contributed by atoms with Crippen molar-refractivity contribution in [1.82, 2.24) is 51.5 Å². The van der Waals surface area contributed by atoms with Crippen molar-refractivity contribution in [3.63, 3.8) is 0 Å². The van der Waals surface area contributed by atoms with Gasteiger partial charge in [0, 0.05) is 99.7 Å². The molecule has 4 aromatic rings. The number of amides is 5. The molecule has 0 saturated heterocycles. The SMILES string of the molecule is CC(=O)NCC(=O)CC(CC(=O)[O-])C(=O)NCC(=O)NCc1nccc(-c2cccc(-c3ccnc(CCC(=O)CCC(=O)NCC(=O)CC(CC(=O)O)C(=O)NC(CC(=O)[O-])C(=O)CCc4ccc(C(=O)O)cc4)n3)n2)n1.O.O.[Cu]. The van der Waals surface area contributed by atoms with E-state index < -0.39 is 140 Å². The molecule has 0 aliphatic rings. The molecule has 11 N–H and O–H groups in total. The maximum Gasteiger partial charge on any atom is 0.335 e. The van der Waals surface area contributed by atoms with Crippen LogP contribution < -0.4 is 36.8 Å². The zero-order valence-corrected chi connectivity index (χ0v) is 44.2. The van der Waals surface area contributed by atoms with Crippen LogP contribution in [0.1, 0.15) is 92.3 Å². The van der Waals surface area contributed by atoms with Crippen LogP contribution >= 0.6 is 0 Å². The molecule has 0 spiro atoms. The molecule has 29 nitrogen and oxygen atoms in total. The van der Waals surface area contributed by atoms with Crippen LogP contribution in [0.25, 0.3) is 22.8 Å². The van der Waals surface area contributed by atoms with Gasteiger partial charge < -0.3 is 67.6 Å². The maximum atomic E-state index is 13.1. The first-order valence-electron chi connectivity index (χ1n) is 24.0. The summed E-state index contributed by atoms with van der Waals surface area (Å²) in [4.78, 5) is 180. The van der Waals surface area contributed by atoms with Gasteiger partial charge in [0.05, 0.1) is 78.8 Å². The Morgan fingerprint density at radius 3 is 1.65 bits per heavy atom. The van der Waals surface area contributed by atoms with Gasteiger partial charge in [-0.2, -0.15) is 0 Å². The smallest absolute Gasteiger partial charge is 0.335 e. The summed E-state index contributed by atoms with van der Waals surface area (Å²) in [6.07, 6.45) is -1.67. The number of nitrogens with one attached hydrogen (secondary N) is 5. The molecule has 3 atom stereocenters. The van der Waals surface area contributed by atoms with Crippen molar-refractivity contribution >= 4 is 76.5 Å². The summed E-state index contributed by atoms with van der Waals surface area (Å²) in [6.45, 7) is -0.600. The first kappa shape index (κ1) is 69.9. The molecule has 81 heavy (non-hydrogen) atoms. The largest absolute Gasteiger partial charge is 0.550 e. The van der Waals surface area contributed by atoms with Crippen LogP contribution in [0.3, 0.4) is 0 Å². The van der Waals surface area contributed by atoms with Crippen LogP contribution in [0, 0.1) is 11.8 Å². The van der Waals surface area contributed by atoms with Crippen molar-refractivity contribution in [1.29, 1.82) is 0 Å². The van der Waals surface area contributed by atoms with E-state index in [1.807, 2.05) is 0 Å². The molecule has 3 heterocycles. The fourth-order valence-electron chi connectivity index (χ4n) is 7.28.